The summed E-state index contributed by atoms with van der Waals surface area (Å²) in [6.07, 6.45) is 2.72. The van der Waals surface area contributed by atoms with Crippen molar-refractivity contribution in [2.75, 3.05) is 4.72 Å². The van der Waals surface area contributed by atoms with Gasteiger partial charge in [0.25, 0.3) is 10.0 Å². The van der Waals surface area contributed by atoms with Crippen molar-refractivity contribution in [2.24, 2.45) is 0 Å². The summed E-state index contributed by atoms with van der Waals surface area (Å²) in [6.45, 7) is 1.54. The Hall–Kier alpha value is -2.87. The second-order valence-electron chi connectivity index (χ2n) is 5.08. The van der Waals surface area contributed by atoms with Gasteiger partial charge in [0.1, 0.15) is 17.8 Å². The molecule has 0 aliphatic carbocycles. The number of phenolic OH excluding ortho intramolecular Hbond substituents is 1. The summed E-state index contributed by atoms with van der Waals surface area (Å²) in [7, 11) is -4.02. The van der Waals surface area contributed by atoms with Crippen molar-refractivity contribution in [3.05, 3.63) is 60.2 Å². The summed E-state index contributed by atoms with van der Waals surface area (Å²) < 4.78 is 46.1. The topological polar surface area (TPSA) is 92.4 Å². The summed E-state index contributed by atoms with van der Waals surface area (Å²) in [5, 5.41) is 9.62. The molecule has 24 heavy (non-hydrogen) atoms. The third-order valence-corrected chi connectivity index (χ3v) is 4.73. The number of hydrogen-bond donors (Lipinski definition) is 2. The lowest BCUT2D eigenvalue weighted by Gasteiger charge is -2.12. The van der Waals surface area contributed by atoms with Gasteiger partial charge in [-0.3, -0.25) is 4.72 Å². The highest BCUT2D eigenvalue weighted by atomic mass is 32.2. The Kier molecular flexibility index (Phi) is 3.98. The Morgan fingerprint density at radius 1 is 1.21 bits per heavy atom. The molecule has 1 aromatic heterocycles. The molecule has 0 saturated carbocycles. The largest absolute Gasteiger partial charge is 0.508 e. The maximum absolute atomic E-state index is 13.7. The van der Waals surface area contributed by atoms with Gasteiger partial charge in [0, 0.05) is 0 Å². The van der Waals surface area contributed by atoms with Crippen LogP contribution in [-0.4, -0.2) is 18.5 Å². The second-order valence-corrected chi connectivity index (χ2v) is 6.77. The van der Waals surface area contributed by atoms with E-state index in [0.717, 1.165) is 6.07 Å². The summed E-state index contributed by atoms with van der Waals surface area (Å²) in [6, 6.07) is 7.65. The molecule has 0 aliphatic heterocycles. The summed E-state index contributed by atoms with van der Waals surface area (Å²) in [5.41, 5.74) is 0.756. The maximum Gasteiger partial charge on any atom is 0.262 e. The van der Waals surface area contributed by atoms with E-state index in [4.69, 9.17) is 4.42 Å². The molecule has 0 bridgehead atoms. The second kappa shape index (κ2) is 5.97. The van der Waals surface area contributed by atoms with Gasteiger partial charge in [0.05, 0.1) is 22.3 Å². The van der Waals surface area contributed by atoms with Crippen molar-refractivity contribution in [3.63, 3.8) is 0 Å². The zero-order valence-corrected chi connectivity index (χ0v) is 13.3. The predicted molar refractivity (Wildman–Crippen MR) is 85.5 cm³/mol. The van der Waals surface area contributed by atoms with Crippen LogP contribution in [0.15, 0.2) is 58.2 Å². The molecule has 0 radical (unpaired) electrons. The number of anilines is 1. The Morgan fingerprint density at radius 3 is 2.67 bits per heavy atom. The third kappa shape index (κ3) is 3.09. The molecule has 0 amide bonds. The first-order valence-electron chi connectivity index (χ1n) is 6.89. The molecule has 0 saturated heterocycles. The lowest BCUT2D eigenvalue weighted by molar-refractivity contribution is 0.475. The van der Waals surface area contributed by atoms with Crippen LogP contribution in [0.4, 0.5) is 10.1 Å². The van der Waals surface area contributed by atoms with Crippen molar-refractivity contribution in [1.29, 1.82) is 0 Å². The minimum atomic E-state index is -4.02. The van der Waals surface area contributed by atoms with Gasteiger partial charge in [-0.25, -0.2) is 17.8 Å². The number of halogens is 1. The zero-order valence-electron chi connectivity index (χ0n) is 12.5. The number of oxazole rings is 1. The fourth-order valence-corrected chi connectivity index (χ4v) is 3.19. The SMILES string of the molecule is Cc1ccc(S(=O)(=O)Nc2ccc(O)cc2-c2ncco2)cc1F. The molecule has 124 valence electrons. The van der Waals surface area contributed by atoms with Crippen LogP contribution in [0.5, 0.6) is 5.75 Å². The van der Waals surface area contributed by atoms with Crippen LogP contribution in [0.2, 0.25) is 0 Å². The van der Waals surface area contributed by atoms with Gasteiger partial charge >= 0.3 is 0 Å². The van der Waals surface area contributed by atoms with E-state index >= 15 is 0 Å². The van der Waals surface area contributed by atoms with Crippen LogP contribution in [-0.2, 0) is 10.0 Å². The molecule has 6 nitrogen and oxygen atoms in total. The molecule has 0 spiro atoms. The van der Waals surface area contributed by atoms with E-state index in [0.29, 0.717) is 5.56 Å². The number of benzene rings is 2. The molecule has 2 aromatic carbocycles. The highest BCUT2D eigenvalue weighted by Crippen LogP contribution is 2.32. The van der Waals surface area contributed by atoms with E-state index in [1.807, 2.05) is 0 Å². The smallest absolute Gasteiger partial charge is 0.262 e. The molecule has 0 unspecified atom stereocenters. The van der Waals surface area contributed by atoms with Crippen LogP contribution in [0.1, 0.15) is 5.56 Å². The van der Waals surface area contributed by atoms with Crippen molar-refractivity contribution in [1.82, 2.24) is 4.98 Å². The zero-order chi connectivity index (χ0) is 17.3. The van der Waals surface area contributed by atoms with Crippen LogP contribution in [0.3, 0.4) is 0 Å². The number of hydrogen-bond acceptors (Lipinski definition) is 5. The number of aromatic nitrogens is 1. The molecule has 8 heteroatoms. The minimum absolute atomic E-state index is 0.0764. The average Bonchev–Trinajstić information content (AvgIpc) is 3.05. The van der Waals surface area contributed by atoms with Crippen molar-refractivity contribution in [2.45, 2.75) is 11.8 Å². The molecule has 3 rings (SSSR count). The highest BCUT2D eigenvalue weighted by molar-refractivity contribution is 7.92. The van der Waals surface area contributed by atoms with Crippen LogP contribution in [0.25, 0.3) is 11.5 Å². The Labute approximate surface area is 137 Å². The Bertz CT molecular complexity index is 985. The van der Waals surface area contributed by atoms with Crippen molar-refractivity contribution >= 4 is 15.7 Å². The molecule has 2 N–H and O–H groups in total. The third-order valence-electron chi connectivity index (χ3n) is 3.36. The summed E-state index contributed by atoms with van der Waals surface area (Å²) in [5.74, 6) is -0.553. The predicted octanol–water partition coefficient (Wildman–Crippen LogP) is 3.30. The lowest BCUT2D eigenvalue weighted by Crippen LogP contribution is -2.14. The first kappa shape index (κ1) is 16.0. The molecule has 3 aromatic rings. The van der Waals surface area contributed by atoms with Gasteiger partial charge in [-0.2, -0.15) is 0 Å². The maximum atomic E-state index is 13.7. The minimum Gasteiger partial charge on any atom is -0.508 e. The summed E-state index contributed by atoms with van der Waals surface area (Å²) >= 11 is 0. The van der Waals surface area contributed by atoms with Crippen LogP contribution < -0.4 is 4.72 Å². The fraction of sp³-hybridized carbons (Fsp3) is 0.0625. The van der Waals surface area contributed by atoms with E-state index in [1.54, 1.807) is 6.92 Å². The monoisotopic (exact) mass is 348 g/mol. The number of aromatic hydroxyl groups is 1. The Balaban J connectivity index is 2.03. The van der Waals surface area contributed by atoms with Gasteiger partial charge in [-0.1, -0.05) is 6.07 Å². The number of nitrogens with zero attached hydrogens (tertiary/aromatic N) is 1. The van der Waals surface area contributed by atoms with Crippen LogP contribution >= 0.6 is 0 Å². The average molecular weight is 348 g/mol. The number of rotatable bonds is 4. The molecule has 0 aliphatic rings. The van der Waals surface area contributed by atoms with E-state index in [-0.39, 0.29) is 27.8 Å². The molecule has 0 fully saturated rings. The fourth-order valence-electron chi connectivity index (χ4n) is 2.10. The Morgan fingerprint density at radius 2 is 2.00 bits per heavy atom. The number of sulfonamides is 1. The number of phenols is 1. The first-order chi connectivity index (χ1) is 11.4. The number of aryl methyl sites for hydroxylation is 1. The molecular formula is C16H13FN2O4S. The van der Waals surface area contributed by atoms with Gasteiger partial charge < -0.3 is 9.52 Å². The van der Waals surface area contributed by atoms with Crippen molar-refractivity contribution in [3.8, 4) is 17.2 Å². The van der Waals surface area contributed by atoms with E-state index in [9.17, 15) is 17.9 Å². The van der Waals surface area contributed by atoms with Crippen LogP contribution in [0, 0.1) is 12.7 Å². The van der Waals surface area contributed by atoms with Gasteiger partial charge in [-0.15, -0.1) is 0 Å². The quantitative estimate of drug-likeness (QED) is 0.706. The van der Waals surface area contributed by atoms with Gasteiger partial charge in [0.15, 0.2) is 0 Å². The molecule has 1 heterocycles. The van der Waals surface area contributed by atoms with E-state index in [1.165, 1.54) is 42.8 Å². The molecular weight excluding hydrogens is 335 g/mol. The first-order valence-corrected chi connectivity index (χ1v) is 8.37. The summed E-state index contributed by atoms with van der Waals surface area (Å²) in [4.78, 5) is 3.73. The standard InChI is InChI=1S/C16H13FN2O4S/c1-10-2-4-12(9-14(10)17)24(21,22)19-15-5-3-11(20)8-13(15)16-18-6-7-23-16/h2-9,19-20H,1H3. The van der Waals surface area contributed by atoms with Gasteiger partial charge in [-0.05, 0) is 42.8 Å². The lowest BCUT2D eigenvalue weighted by atomic mass is 10.1. The molecule has 0 atom stereocenters. The highest BCUT2D eigenvalue weighted by Gasteiger charge is 2.19. The van der Waals surface area contributed by atoms with E-state index < -0.39 is 15.8 Å². The normalized spacial score (nSPS) is 11.4. The van der Waals surface area contributed by atoms with E-state index in [2.05, 4.69) is 9.71 Å². The van der Waals surface area contributed by atoms with Gasteiger partial charge in [0.2, 0.25) is 5.89 Å². The number of nitrogens with one attached hydrogen (secondary N) is 1. The van der Waals surface area contributed by atoms with Crippen molar-refractivity contribution < 1.29 is 22.3 Å².